The minimum absolute atomic E-state index is 0.0161. The number of hydrogen-bond donors (Lipinski definition) is 1. The Bertz CT molecular complexity index is 1030. The average molecular weight is 364 g/mol. The van der Waals surface area contributed by atoms with Crippen molar-refractivity contribution >= 4 is 9.84 Å². The molecule has 1 aliphatic carbocycles. The average Bonchev–Trinajstić information content (AvgIpc) is 2.78. The van der Waals surface area contributed by atoms with E-state index in [1.807, 2.05) is 54.6 Å². The molecule has 0 radical (unpaired) electrons. The summed E-state index contributed by atoms with van der Waals surface area (Å²) in [6.45, 7) is 0. The number of benzene rings is 3. The first kappa shape index (κ1) is 17.0. The lowest BCUT2D eigenvalue weighted by atomic mass is 9.89. The van der Waals surface area contributed by atoms with E-state index in [4.69, 9.17) is 0 Å². The molecule has 2 atom stereocenters. The van der Waals surface area contributed by atoms with Crippen molar-refractivity contribution in [3.8, 4) is 0 Å². The standard InChI is InChI=1S/C22H20O3S/c23-22-14-16-8-4-5-11-18(16)21(19-12-6-7-13-20(19)22)15-26(24,25)17-9-2-1-3-10-17/h1-13,21-23H,14-15H2. The van der Waals surface area contributed by atoms with Gasteiger partial charge >= 0.3 is 0 Å². The summed E-state index contributed by atoms with van der Waals surface area (Å²) in [6.07, 6.45) is -0.133. The summed E-state index contributed by atoms with van der Waals surface area (Å²) in [7, 11) is -3.46. The van der Waals surface area contributed by atoms with E-state index in [-0.39, 0.29) is 11.7 Å². The maximum absolute atomic E-state index is 13.1. The summed E-state index contributed by atoms with van der Waals surface area (Å²) < 4.78 is 26.1. The smallest absolute Gasteiger partial charge is 0.179 e. The lowest BCUT2D eigenvalue weighted by Crippen LogP contribution is -2.17. The molecule has 0 amide bonds. The Kier molecular flexibility index (Phi) is 4.39. The van der Waals surface area contributed by atoms with Crippen LogP contribution in [0.4, 0.5) is 0 Å². The zero-order valence-electron chi connectivity index (χ0n) is 14.2. The summed E-state index contributed by atoms with van der Waals surface area (Å²) in [5.41, 5.74) is 3.70. The highest BCUT2D eigenvalue weighted by molar-refractivity contribution is 7.91. The van der Waals surface area contributed by atoms with Crippen LogP contribution in [-0.2, 0) is 16.3 Å². The van der Waals surface area contributed by atoms with Crippen molar-refractivity contribution in [3.05, 3.63) is 101 Å². The zero-order chi connectivity index (χ0) is 18.1. The number of sulfone groups is 1. The number of fused-ring (bicyclic) bond motifs is 2. The van der Waals surface area contributed by atoms with E-state index in [0.29, 0.717) is 11.3 Å². The monoisotopic (exact) mass is 364 g/mol. The summed E-state index contributed by atoms with van der Waals surface area (Å²) in [5.74, 6) is -0.317. The van der Waals surface area contributed by atoms with Crippen LogP contribution in [0, 0.1) is 0 Å². The van der Waals surface area contributed by atoms with Crippen LogP contribution in [0.3, 0.4) is 0 Å². The molecule has 0 heterocycles. The van der Waals surface area contributed by atoms with Crippen LogP contribution in [-0.4, -0.2) is 19.3 Å². The van der Waals surface area contributed by atoms with E-state index >= 15 is 0 Å². The van der Waals surface area contributed by atoms with Gasteiger partial charge in [0.05, 0.1) is 16.8 Å². The van der Waals surface area contributed by atoms with Crippen molar-refractivity contribution in [3.63, 3.8) is 0 Å². The Morgan fingerprint density at radius 1 is 0.769 bits per heavy atom. The van der Waals surface area contributed by atoms with Crippen LogP contribution in [0.15, 0.2) is 83.8 Å². The molecule has 3 aromatic carbocycles. The molecule has 26 heavy (non-hydrogen) atoms. The van der Waals surface area contributed by atoms with Gasteiger partial charge in [0.2, 0.25) is 0 Å². The molecule has 0 aromatic heterocycles. The molecule has 0 bridgehead atoms. The molecule has 4 rings (SSSR count). The Morgan fingerprint density at radius 2 is 1.35 bits per heavy atom. The van der Waals surface area contributed by atoms with Crippen LogP contribution >= 0.6 is 0 Å². The molecule has 2 unspecified atom stereocenters. The van der Waals surface area contributed by atoms with Gasteiger partial charge in [-0.25, -0.2) is 8.42 Å². The molecule has 3 aromatic rings. The van der Waals surface area contributed by atoms with Crippen LogP contribution in [0.1, 0.15) is 34.3 Å². The lowest BCUT2D eigenvalue weighted by Gasteiger charge is -2.20. The highest BCUT2D eigenvalue weighted by Gasteiger charge is 2.31. The lowest BCUT2D eigenvalue weighted by molar-refractivity contribution is 0.178. The molecule has 0 saturated heterocycles. The van der Waals surface area contributed by atoms with Crippen molar-refractivity contribution in [1.29, 1.82) is 0 Å². The molecular formula is C22H20O3S. The maximum atomic E-state index is 13.1. The summed E-state index contributed by atoms with van der Waals surface area (Å²) in [4.78, 5) is 0.333. The van der Waals surface area contributed by atoms with Crippen LogP contribution in [0.5, 0.6) is 0 Å². The second kappa shape index (κ2) is 6.71. The number of rotatable bonds is 3. The Hall–Kier alpha value is -2.43. The normalized spacial score (nSPS) is 19.3. The summed E-state index contributed by atoms with van der Waals surface area (Å²) in [5, 5.41) is 10.7. The van der Waals surface area contributed by atoms with Gasteiger partial charge in [0.1, 0.15) is 0 Å². The molecule has 0 aliphatic heterocycles. The van der Waals surface area contributed by atoms with E-state index in [1.54, 1.807) is 24.3 Å². The quantitative estimate of drug-likeness (QED) is 0.767. The van der Waals surface area contributed by atoms with Gasteiger partial charge in [-0.3, -0.25) is 0 Å². The van der Waals surface area contributed by atoms with Gasteiger partial charge in [-0.2, -0.15) is 0 Å². The second-order valence-corrected chi connectivity index (χ2v) is 8.73. The first-order valence-electron chi connectivity index (χ1n) is 8.69. The first-order valence-corrected chi connectivity index (χ1v) is 10.3. The minimum atomic E-state index is -3.46. The molecule has 4 heteroatoms. The van der Waals surface area contributed by atoms with Gasteiger partial charge in [0.15, 0.2) is 9.84 Å². The summed E-state index contributed by atoms with van der Waals surface area (Å²) in [6, 6.07) is 24.0. The van der Waals surface area contributed by atoms with Gasteiger partial charge < -0.3 is 5.11 Å². The van der Waals surface area contributed by atoms with Crippen molar-refractivity contribution in [2.75, 3.05) is 5.75 Å². The van der Waals surface area contributed by atoms with Gasteiger partial charge in [0.25, 0.3) is 0 Å². The van der Waals surface area contributed by atoms with Gasteiger partial charge in [-0.15, -0.1) is 0 Å². The van der Waals surface area contributed by atoms with E-state index in [1.165, 1.54) is 0 Å². The largest absolute Gasteiger partial charge is 0.388 e. The third-order valence-electron chi connectivity index (χ3n) is 5.06. The number of aliphatic hydroxyl groups excluding tert-OH is 1. The first-order chi connectivity index (χ1) is 12.6. The molecule has 132 valence electrons. The van der Waals surface area contributed by atoms with E-state index in [0.717, 1.165) is 22.3 Å². The van der Waals surface area contributed by atoms with Crippen molar-refractivity contribution < 1.29 is 13.5 Å². The summed E-state index contributed by atoms with van der Waals surface area (Å²) >= 11 is 0. The van der Waals surface area contributed by atoms with Crippen LogP contribution < -0.4 is 0 Å². The fraction of sp³-hybridized carbons (Fsp3) is 0.182. The fourth-order valence-electron chi connectivity index (χ4n) is 3.80. The van der Waals surface area contributed by atoms with Gasteiger partial charge in [-0.1, -0.05) is 66.7 Å². The van der Waals surface area contributed by atoms with Crippen molar-refractivity contribution in [2.45, 2.75) is 23.3 Å². The highest BCUT2D eigenvalue weighted by atomic mass is 32.2. The molecule has 1 N–H and O–H groups in total. The molecule has 3 nitrogen and oxygen atoms in total. The zero-order valence-corrected chi connectivity index (χ0v) is 15.1. The Morgan fingerprint density at radius 3 is 2.08 bits per heavy atom. The van der Waals surface area contributed by atoms with E-state index < -0.39 is 15.9 Å². The number of hydrogen-bond acceptors (Lipinski definition) is 3. The van der Waals surface area contributed by atoms with Crippen molar-refractivity contribution in [1.82, 2.24) is 0 Å². The van der Waals surface area contributed by atoms with Crippen LogP contribution in [0.25, 0.3) is 0 Å². The predicted octanol–water partition coefficient (Wildman–Crippen LogP) is 3.88. The molecule has 0 fully saturated rings. The van der Waals surface area contributed by atoms with Crippen molar-refractivity contribution in [2.24, 2.45) is 0 Å². The SMILES string of the molecule is O=S(=O)(CC1c2ccccc2CC(O)c2ccccc21)c1ccccc1. The van der Waals surface area contributed by atoms with Gasteiger partial charge in [-0.05, 0) is 34.4 Å². The van der Waals surface area contributed by atoms with Crippen LogP contribution in [0.2, 0.25) is 0 Å². The molecule has 0 spiro atoms. The van der Waals surface area contributed by atoms with Gasteiger partial charge in [0, 0.05) is 12.3 Å². The Balaban J connectivity index is 1.86. The van der Waals surface area contributed by atoms with E-state index in [2.05, 4.69) is 0 Å². The predicted molar refractivity (Wildman–Crippen MR) is 102 cm³/mol. The molecular weight excluding hydrogens is 344 g/mol. The highest BCUT2D eigenvalue weighted by Crippen LogP contribution is 2.39. The Labute approximate surface area is 153 Å². The topological polar surface area (TPSA) is 54.4 Å². The third kappa shape index (κ3) is 3.06. The molecule has 0 saturated carbocycles. The second-order valence-electron chi connectivity index (χ2n) is 6.69. The molecule has 1 aliphatic rings. The third-order valence-corrected chi connectivity index (χ3v) is 6.83. The maximum Gasteiger partial charge on any atom is 0.179 e. The number of aliphatic hydroxyl groups is 1. The fourth-order valence-corrected chi connectivity index (χ4v) is 5.36. The minimum Gasteiger partial charge on any atom is -0.388 e. The van der Waals surface area contributed by atoms with E-state index in [9.17, 15) is 13.5 Å².